The summed E-state index contributed by atoms with van der Waals surface area (Å²) >= 11 is 2.65. The van der Waals surface area contributed by atoms with Gasteiger partial charge < -0.3 is 5.11 Å². The van der Waals surface area contributed by atoms with E-state index >= 15 is 0 Å². The number of para-hydroxylation sites is 1. The van der Waals surface area contributed by atoms with Gasteiger partial charge in [-0.2, -0.15) is 0 Å². The fourth-order valence-electron chi connectivity index (χ4n) is 2.24. The molecule has 1 aliphatic heterocycles. The van der Waals surface area contributed by atoms with Crippen LogP contribution in [0.4, 0.5) is 5.69 Å². The topological polar surface area (TPSA) is 57.6 Å². The number of carbonyl (C=O) groups is 2. The lowest BCUT2D eigenvalue weighted by molar-refractivity contribution is -0.119. The normalized spacial score (nSPS) is 15.0. The number of hydrogen-bond donors (Lipinski definition) is 1. The number of anilines is 1. The molecule has 22 heavy (non-hydrogen) atoms. The van der Waals surface area contributed by atoms with Gasteiger partial charge in [-0.1, -0.05) is 24.3 Å². The third-order valence-corrected chi connectivity index (χ3v) is 5.10. The predicted octanol–water partition coefficient (Wildman–Crippen LogP) is 2.76. The monoisotopic (exact) mass is 331 g/mol. The van der Waals surface area contributed by atoms with E-state index in [1.165, 1.54) is 28.0 Å². The Balaban J connectivity index is 2.04. The standard InChI is InChI=1S/C16H13NO3S2/c18-8-10-22-14-13(12-7-4-9-21-12)15(19)17(16(14)20)11-5-2-1-3-6-11/h1-7,9,18H,8,10H2. The van der Waals surface area contributed by atoms with Crippen LogP contribution in [-0.4, -0.2) is 29.3 Å². The van der Waals surface area contributed by atoms with Crippen LogP contribution in [0, 0.1) is 0 Å². The number of rotatable bonds is 5. The minimum absolute atomic E-state index is 0.0430. The quantitative estimate of drug-likeness (QED) is 0.856. The molecule has 3 rings (SSSR count). The Morgan fingerprint density at radius 2 is 1.82 bits per heavy atom. The van der Waals surface area contributed by atoms with E-state index in [1.54, 1.807) is 24.3 Å². The van der Waals surface area contributed by atoms with Gasteiger partial charge in [0.05, 0.1) is 22.8 Å². The van der Waals surface area contributed by atoms with Crippen molar-refractivity contribution in [2.24, 2.45) is 0 Å². The van der Waals surface area contributed by atoms with E-state index in [2.05, 4.69) is 0 Å². The van der Waals surface area contributed by atoms with Gasteiger partial charge in [0, 0.05) is 10.6 Å². The highest BCUT2D eigenvalue weighted by atomic mass is 32.2. The summed E-state index contributed by atoms with van der Waals surface area (Å²) in [6.07, 6.45) is 0. The van der Waals surface area contributed by atoms with Gasteiger partial charge in [0.1, 0.15) is 0 Å². The third kappa shape index (κ3) is 2.61. The van der Waals surface area contributed by atoms with Crippen LogP contribution in [0.15, 0.2) is 52.7 Å². The maximum absolute atomic E-state index is 12.8. The summed E-state index contributed by atoms with van der Waals surface area (Å²) in [6, 6.07) is 12.6. The van der Waals surface area contributed by atoms with Gasteiger partial charge >= 0.3 is 0 Å². The molecule has 0 saturated heterocycles. The summed E-state index contributed by atoms with van der Waals surface area (Å²) in [5.41, 5.74) is 0.994. The molecule has 0 saturated carbocycles. The van der Waals surface area contributed by atoms with Crippen molar-refractivity contribution in [3.05, 3.63) is 57.6 Å². The summed E-state index contributed by atoms with van der Waals surface area (Å²) in [4.78, 5) is 27.8. The summed E-state index contributed by atoms with van der Waals surface area (Å²) in [5.74, 6) is -0.247. The molecular weight excluding hydrogens is 318 g/mol. The van der Waals surface area contributed by atoms with Gasteiger partial charge in [0.2, 0.25) is 0 Å². The van der Waals surface area contributed by atoms with Crippen molar-refractivity contribution in [1.29, 1.82) is 0 Å². The zero-order chi connectivity index (χ0) is 15.5. The molecule has 0 fully saturated rings. The highest BCUT2D eigenvalue weighted by molar-refractivity contribution is 8.04. The van der Waals surface area contributed by atoms with Crippen molar-refractivity contribution < 1.29 is 14.7 Å². The van der Waals surface area contributed by atoms with Crippen LogP contribution in [0.2, 0.25) is 0 Å². The summed E-state index contributed by atoms with van der Waals surface area (Å²) in [7, 11) is 0. The molecule has 0 aliphatic carbocycles. The molecule has 2 aromatic rings. The molecule has 0 radical (unpaired) electrons. The van der Waals surface area contributed by atoms with E-state index in [1.807, 2.05) is 23.6 Å². The average Bonchev–Trinajstić information content (AvgIpc) is 3.13. The van der Waals surface area contributed by atoms with E-state index in [0.29, 0.717) is 21.9 Å². The lowest BCUT2D eigenvalue weighted by Crippen LogP contribution is -2.31. The molecule has 4 nitrogen and oxygen atoms in total. The van der Waals surface area contributed by atoms with E-state index in [0.717, 1.165) is 4.88 Å². The molecule has 1 aliphatic rings. The number of thiophene rings is 1. The number of imide groups is 1. The molecule has 0 spiro atoms. The number of aliphatic hydroxyl groups is 1. The van der Waals surface area contributed by atoms with E-state index in [9.17, 15) is 9.59 Å². The molecule has 1 N–H and O–H groups in total. The maximum Gasteiger partial charge on any atom is 0.272 e. The average molecular weight is 331 g/mol. The van der Waals surface area contributed by atoms with Gasteiger partial charge in [-0.15, -0.1) is 23.1 Å². The Labute approximate surface area is 136 Å². The highest BCUT2D eigenvalue weighted by Crippen LogP contribution is 2.39. The van der Waals surface area contributed by atoms with Gasteiger partial charge in [-0.05, 0) is 23.6 Å². The first-order valence-electron chi connectivity index (χ1n) is 6.69. The van der Waals surface area contributed by atoms with Crippen molar-refractivity contribution in [2.75, 3.05) is 17.3 Å². The fraction of sp³-hybridized carbons (Fsp3) is 0.125. The van der Waals surface area contributed by atoms with Crippen LogP contribution in [-0.2, 0) is 9.59 Å². The van der Waals surface area contributed by atoms with Crippen molar-refractivity contribution >= 4 is 46.2 Å². The van der Waals surface area contributed by atoms with Gasteiger partial charge in [0.15, 0.2) is 0 Å². The summed E-state index contributed by atoms with van der Waals surface area (Å²) < 4.78 is 0. The summed E-state index contributed by atoms with van der Waals surface area (Å²) in [6.45, 7) is -0.0430. The zero-order valence-electron chi connectivity index (χ0n) is 11.6. The highest BCUT2D eigenvalue weighted by Gasteiger charge is 2.40. The molecule has 1 aromatic heterocycles. The third-order valence-electron chi connectivity index (χ3n) is 3.16. The lowest BCUT2D eigenvalue weighted by Gasteiger charge is -2.14. The molecule has 112 valence electrons. The van der Waals surface area contributed by atoms with Crippen molar-refractivity contribution in [1.82, 2.24) is 0 Å². The first kappa shape index (κ1) is 15.0. The predicted molar refractivity (Wildman–Crippen MR) is 89.7 cm³/mol. The van der Waals surface area contributed by atoms with Gasteiger partial charge in [-0.25, -0.2) is 4.90 Å². The van der Waals surface area contributed by atoms with Crippen LogP contribution in [0.1, 0.15) is 4.88 Å². The molecule has 0 unspecified atom stereocenters. The number of benzene rings is 1. The molecule has 2 amide bonds. The molecular formula is C16H13NO3S2. The minimum Gasteiger partial charge on any atom is -0.396 e. The second-order valence-electron chi connectivity index (χ2n) is 4.53. The Kier molecular flexibility index (Phi) is 4.42. The minimum atomic E-state index is -0.321. The van der Waals surface area contributed by atoms with Gasteiger partial charge in [0.25, 0.3) is 11.8 Å². The molecule has 2 heterocycles. The Bertz CT molecular complexity index is 723. The number of amides is 2. The smallest absolute Gasteiger partial charge is 0.272 e. The zero-order valence-corrected chi connectivity index (χ0v) is 13.2. The van der Waals surface area contributed by atoms with Crippen LogP contribution >= 0.6 is 23.1 Å². The first-order chi connectivity index (χ1) is 10.7. The van der Waals surface area contributed by atoms with E-state index in [4.69, 9.17) is 5.11 Å². The van der Waals surface area contributed by atoms with Crippen LogP contribution in [0.25, 0.3) is 5.57 Å². The van der Waals surface area contributed by atoms with E-state index in [-0.39, 0.29) is 18.4 Å². The summed E-state index contributed by atoms with van der Waals surface area (Å²) in [5, 5.41) is 10.9. The van der Waals surface area contributed by atoms with Crippen LogP contribution in [0.5, 0.6) is 0 Å². The molecule has 6 heteroatoms. The van der Waals surface area contributed by atoms with Crippen molar-refractivity contribution in [2.45, 2.75) is 0 Å². The number of carbonyl (C=O) groups excluding carboxylic acids is 2. The fourth-order valence-corrected chi connectivity index (χ4v) is 3.93. The Morgan fingerprint density at radius 3 is 2.45 bits per heavy atom. The maximum atomic E-state index is 12.8. The van der Waals surface area contributed by atoms with Crippen LogP contribution < -0.4 is 4.90 Å². The molecule has 0 atom stereocenters. The van der Waals surface area contributed by atoms with Crippen molar-refractivity contribution in [3.8, 4) is 0 Å². The second kappa shape index (κ2) is 6.48. The van der Waals surface area contributed by atoms with E-state index < -0.39 is 0 Å². The van der Waals surface area contributed by atoms with Crippen molar-refractivity contribution in [3.63, 3.8) is 0 Å². The SMILES string of the molecule is O=C1C(SCCO)=C(c2cccs2)C(=O)N1c1ccccc1. The first-order valence-corrected chi connectivity index (χ1v) is 8.56. The number of nitrogens with zero attached hydrogens (tertiary/aromatic N) is 1. The molecule has 0 bridgehead atoms. The molecule has 1 aromatic carbocycles. The Morgan fingerprint density at radius 1 is 1.05 bits per heavy atom. The largest absolute Gasteiger partial charge is 0.396 e. The number of thioether (sulfide) groups is 1. The second-order valence-corrected chi connectivity index (χ2v) is 6.59. The Hall–Kier alpha value is -1.89. The van der Waals surface area contributed by atoms with Gasteiger partial charge in [-0.3, -0.25) is 9.59 Å². The van der Waals surface area contributed by atoms with Crippen LogP contribution in [0.3, 0.4) is 0 Å². The number of hydrogen-bond acceptors (Lipinski definition) is 5. The lowest BCUT2D eigenvalue weighted by atomic mass is 10.2. The number of aliphatic hydroxyl groups excluding tert-OH is 1.